The Morgan fingerprint density at radius 3 is 2.42 bits per heavy atom. The summed E-state index contributed by atoms with van der Waals surface area (Å²) in [4.78, 5) is 18.5. The van der Waals surface area contributed by atoms with E-state index in [0.29, 0.717) is 18.0 Å². The average Bonchev–Trinajstić information content (AvgIpc) is 3.42. The zero-order chi connectivity index (χ0) is 21.9. The molecule has 1 amide bonds. The van der Waals surface area contributed by atoms with Crippen LogP contribution in [0, 0.1) is 6.92 Å². The summed E-state index contributed by atoms with van der Waals surface area (Å²) in [7, 11) is 5.00. The van der Waals surface area contributed by atoms with Crippen molar-refractivity contribution in [3.63, 3.8) is 0 Å². The van der Waals surface area contributed by atoms with Crippen LogP contribution >= 0.6 is 0 Å². The van der Waals surface area contributed by atoms with Crippen LogP contribution in [0.25, 0.3) is 10.9 Å². The van der Waals surface area contributed by atoms with Gasteiger partial charge >= 0.3 is 0 Å². The number of hydrogen-bond donors (Lipinski definition) is 1. The van der Waals surface area contributed by atoms with Gasteiger partial charge in [0.1, 0.15) is 11.8 Å². The van der Waals surface area contributed by atoms with Gasteiger partial charge in [-0.2, -0.15) is 0 Å². The number of aromatic amines is 1. The molecule has 2 heterocycles. The highest BCUT2D eigenvalue weighted by molar-refractivity contribution is 5.91. The molecule has 31 heavy (non-hydrogen) atoms. The van der Waals surface area contributed by atoms with Crippen LogP contribution in [-0.4, -0.2) is 43.7 Å². The summed E-state index contributed by atoms with van der Waals surface area (Å²) in [6.45, 7) is 4.40. The van der Waals surface area contributed by atoms with Crippen molar-refractivity contribution >= 4 is 16.8 Å². The summed E-state index contributed by atoms with van der Waals surface area (Å²) in [5, 5.41) is 1.14. The first kappa shape index (κ1) is 19.8. The van der Waals surface area contributed by atoms with Crippen molar-refractivity contribution in [1.29, 1.82) is 0 Å². The highest BCUT2D eigenvalue weighted by atomic mass is 16.5. The molecule has 1 atom stereocenters. The van der Waals surface area contributed by atoms with Gasteiger partial charge in [0, 0.05) is 47.1 Å². The Kier molecular flexibility index (Phi) is 4.43. The Hall–Kier alpha value is -3.15. The topological polar surface area (TPSA) is 63.8 Å². The molecule has 3 aromatic rings. The van der Waals surface area contributed by atoms with E-state index in [0.717, 1.165) is 46.3 Å². The molecule has 1 fully saturated rings. The molecule has 0 saturated heterocycles. The number of benzene rings is 2. The van der Waals surface area contributed by atoms with E-state index in [2.05, 4.69) is 17.1 Å². The van der Waals surface area contributed by atoms with E-state index in [1.54, 1.807) is 28.3 Å². The maximum Gasteiger partial charge on any atom is 0.220 e. The number of fused-ring (bicyclic) bond motifs is 4. The van der Waals surface area contributed by atoms with Crippen molar-refractivity contribution in [3.8, 4) is 17.2 Å². The number of para-hydroxylation sites is 1. The van der Waals surface area contributed by atoms with Gasteiger partial charge in [-0.3, -0.25) is 4.79 Å². The first-order chi connectivity index (χ1) is 14.9. The van der Waals surface area contributed by atoms with Gasteiger partial charge in [0.25, 0.3) is 0 Å². The number of amides is 1. The van der Waals surface area contributed by atoms with Crippen molar-refractivity contribution in [1.82, 2.24) is 9.88 Å². The Morgan fingerprint density at radius 2 is 1.81 bits per heavy atom. The Morgan fingerprint density at radius 1 is 1.10 bits per heavy atom. The van der Waals surface area contributed by atoms with E-state index in [1.807, 2.05) is 30.0 Å². The number of carbonyl (C=O) groups is 1. The zero-order valence-electron chi connectivity index (χ0n) is 18.7. The normalized spacial score (nSPS) is 18.7. The predicted octanol–water partition coefficient (Wildman–Crippen LogP) is 4.49. The number of nitrogens with one attached hydrogen (secondary N) is 1. The predicted molar refractivity (Wildman–Crippen MR) is 119 cm³/mol. The van der Waals surface area contributed by atoms with Gasteiger partial charge in [0.2, 0.25) is 5.91 Å². The maximum atomic E-state index is 12.8. The second-order valence-corrected chi connectivity index (χ2v) is 8.69. The lowest BCUT2D eigenvalue weighted by Crippen LogP contribution is -2.44. The summed E-state index contributed by atoms with van der Waals surface area (Å²) in [6.07, 6.45) is 2.14. The molecule has 1 aliphatic heterocycles. The Balaban J connectivity index is 1.82. The third-order valence-electron chi connectivity index (χ3n) is 6.92. The van der Waals surface area contributed by atoms with Crippen molar-refractivity contribution in [3.05, 3.63) is 52.7 Å². The summed E-state index contributed by atoms with van der Waals surface area (Å²) < 4.78 is 16.9. The smallest absolute Gasteiger partial charge is 0.220 e. The minimum atomic E-state index is -0.238. The summed E-state index contributed by atoms with van der Waals surface area (Å²) in [5.41, 5.74) is 5.40. The number of nitrogens with zero attached hydrogens (tertiary/aromatic N) is 1. The van der Waals surface area contributed by atoms with Crippen LogP contribution in [0.4, 0.5) is 0 Å². The van der Waals surface area contributed by atoms with Crippen LogP contribution in [0.1, 0.15) is 48.2 Å². The summed E-state index contributed by atoms with van der Waals surface area (Å²) in [5.74, 6) is 2.29. The SMILES string of the molecule is COc1cc2[nH]c3c(c2cc1OC)C1(CC1)CN(C(C)=O)C3c1cccc(C)c1OC. The Bertz CT molecular complexity index is 1190. The molecule has 1 unspecified atom stereocenters. The van der Waals surface area contributed by atoms with Gasteiger partial charge in [0.05, 0.1) is 21.3 Å². The fraction of sp³-hybridized carbons (Fsp3) is 0.400. The first-order valence-electron chi connectivity index (χ1n) is 10.6. The van der Waals surface area contributed by atoms with Gasteiger partial charge in [-0.15, -0.1) is 0 Å². The summed E-state index contributed by atoms with van der Waals surface area (Å²) in [6, 6.07) is 9.95. The standard InChI is InChI=1S/C25H28N2O4/c1-14-7-6-8-16(24(14)31-5)23-22-21(25(9-10-25)13-27(23)15(2)28)17-11-19(29-3)20(30-4)12-18(17)26-22/h6-8,11-12,23,26H,9-10,13H2,1-5H3. The van der Waals surface area contributed by atoms with E-state index in [-0.39, 0.29) is 17.4 Å². The van der Waals surface area contributed by atoms with Crippen molar-refractivity contribution in [2.75, 3.05) is 27.9 Å². The second kappa shape index (κ2) is 6.94. The van der Waals surface area contributed by atoms with E-state index in [1.165, 1.54) is 5.56 Å². The van der Waals surface area contributed by atoms with Crippen LogP contribution in [0.15, 0.2) is 30.3 Å². The van der Waals surface area contributed by atoms with Crippen LogP contribution in [0.5, 0.6) is 17.2 Å². The van der Waals surface area contributed by atoms with Gasteiger partial charge in [-0.1, -0.05) is 18.2 Å². The van der Waals surface area contributed by atoms with Crippen molar-refractivity contribution in [2.24, 2.45) is 0 Å². The van der Waals surface area contributed by atoms with Gasteiger partial charge in [-0.25, -0.2) is 0 Å². The van der Waals surface area contributed by atoms with E-state index in [4.69, 9.17) is 14.2 Å². The minimum absolute atomic E-state index is 0.00753. The highest BCUT2D eigenvalue weighted by Crippen LogP contribution is 2.59. The summed E-state index contributed by atoms with van der Waals surface area (Å²) >= 11 is 0. The lowest BCUT2D eigenvalue weighted by Gasteiger charge is -2.40. The fourth-order valence-electron chi connectivity index (χ4n) is 5.32. The number of ether oxygens (including phenoxy) is 3. The number of rotatable bonds is 4. The number of carbonyl (C=O) groups excluding carboxylic acids is 1. The monoisotopic (exact) mass is 420 g/mol. The molecule has 0 radical (unpaired) electrons. The molecule has 162 valence electrons. The highest BCUT2D eigenvalue weighted by Gasteiger charge is 2.54. The van der Waals surface area contributed by atoms with Crippen LogP contribution in [0.3, 0.4) is 0 Å². The van der Waals surface area contributed by atoms with Crippen LogP contribution in [-0.2, 0) is 10.2 Å². The van der Waals surface area contributed by atoms with Gasteiger partial charge in [0.15, 0.2) is 11.5 Å². The molecule has 2 aliphatic rings. The number of methoxy groups -OCH3 is 3. The maximum absolute atomic E-state index is 12.8. The third kappa shape index (κ3) is 2.81. The number of H-pyrrole nitrogens is 1. The zero-order valence-corrected chi connectivity index (χ0v) is 18.7. The molecule has 6 nitrogen and oxygen atoms in total. The van der Waals surface area contributed by atoms with Gasteiger partial charge in [-0.05, 0) is 37.0 Å². The fourth-order valence-corrected chi connectivity index (χ4v) is 5.32. The number of aromatic nitrogens is 1. The van der Waals surface area contributed by atoms with E-state index < -0.39 is 0 Å². The third-order valence-corrected chi connectivity index (χ3v) is 6.92. The van der Waals surface area contributed by atoms with Crippen LogP contribution in [0.2, 0.25) is 0 Å². The number of aryl methyl sites for hydroxylation is 1. The molecular formula is C25H28N2O4. The van der Waals surface area contributed by atoms with Crippen LogP contribution < -0.4 is 14.2 Å². The molecule has 6 heteroatoms. The van der Waals surface area contributed by atoms with E-state index >= 15 is 0 Å². The largest absolute Gasteiger partial charge is 0.496 e. The Labute approximate surface area is 182 Å². The molecule has 0 bridgehead atoms. The quantitative estimate of drug-likeness (QED) is 0.676. The number of hydrogen-bond acceptors (Lipinski definition) is 4. The molecule has 5 rings (SSSR count). The molecule has 1 spiro atoms. The van der Waals surface area contributed by atoms with Crippen molar-refractivity contribution in [2.45, 2.75) is 38.1 Å². The molecule has 1 saturated carbocycles. The van der Waals surface area contributed by atoms with Crippen molar-refractivity contribution < 1.29 is 19.0 Å². The lowest BCUT2D eigenvalue weighted by atomic mass is 9.82. The first-order valence-corrected chi connectivity index (χ1v) is 10.6. The van der Waals surface area contributed by atoms with Gasteiger partial charge < -0.3 is 24.1 Å². The average molecular weight is 421 g/mol. The molecule has 2 aromatic carbocycles. The molecule has 1 aromatic heterocycles. The second-order valence-electron chi connectivity index (χ2n) is 8.69. The molecular weight excluding hydrogens is 392 g/mol. The lowest BCUT2D eigenvalue weighted by molar-refractivity contribution is -0.131. The minimum Gasteiger partial charge on any atom is -0.496 e. The van der Waals surface area contributed by atoms with E-state index in [9.17, 15) is 4.79 Å². The molecule has 1 aliphatic carbocycles. The molecule has 1 N–H and O–H groups in total.